The van der Waals surface area contributed by atoms with Gasteiger partial charge in [-0.3, -0.25) is 0 Å². The summed E-state index contributed by atoms with van der Waals surface area (Å²) in [4.78, 5) is 0. The first-order valence-corrected chi connectivity index (χ1v) is 14.1. The fourth-order valence-corrected chi connectivity index (χ4v) is 20.2. The van der Waals surface area contributed by atoms with Gasteiger partial charge in [0.15, 0.2) is 14.8 Å². The molecule has 2 fully saturated rings. The first-order chi connectivity index (χ1) is 6.68. The zero-order valence-electron chi connectivity index (χ0n) is 10.2. The predicted octanol–water partition coefficient (Wildman–Crippen LogP) is 4.97. The third-order valence-electron chi connectivity index (χ3n) is 4.97. The van der Waals surface area contributed by atoms with Crippen LogP contribution in [0, 0.1) is 11.8 Å². The van der Waals surface area contributed by atoms with Crippen molar-refractivity contribution in [2.45, 2.75) is 56.5 Å². The zero-order chi connectivity index (χ0) is 11.5. The molecular formula is C11H22Cl2Si2. The van der Waals surface area contributed by atoms with Crippen LogP contribution in [-0.4, -0.2) is 14.8 Å². The molecule has 2 atom stereocenters. The normalized spacial score (nSPS) is 34.8. The van der Waals surface area contributed by atoms with Crippen LogP contribution < -0.4 is 0 Å². The second kappa shape index (κ2) is 3.50. The summed E-state index contributed by atoms with van der Waals surface area (Å²) in [6, 6.07) is 0. The van der Waals surface area contributed by atoms with Crippen LogP contribution >= 0.6 is 22.2 Å². The van der Waals surface area contributed by atoms with E-state index in [9.17, 15) is 0 Å². The summed E-state index contributed by atoms with van der Waals surface area (Å²) in [7, 11) is -3.32. The summed E-state index contributed by atoms with van der Waals surface area (Å²) in [6.07, 6.45) is 5.61. The highest BCUT2D eigenvalue weighted by Crippen LogP contribution is 2.70. The number of hydrogen-bond donors (Lipinski definition) is 0. The first-order valence-electron chi connectivity index (χ1n) is 6.06. The SMILES string of the molecule is C[Si](C)(Cl)C1([Si](C)(C)Cl)CC2CCC1C2. The molecule has 0 radical (unpaired) electrons. The minimum Gasteiger partial charge on any atom is -0.167 e. The van der Waals surface area contributed by atoms with Gasteiger partial charge in [-0.05, 0) is 29.3 Å². The molecule has 15 heavy (non-hydrogen) atoms. The number of halogens is 2. The number of fused-ring (bicyclic) bond motifs is 2. The lowest BCUT2D eigenvalue weighted by molar-refractivity contribution is 0.426. The summed E-state index contributed by atoms with van der Waals surface area (Å²) in [5.74, 6) is 1.81. The number of rotatable bonds is 2. The maximum Gasteiger partial charge on any atom is 0.155 e. The van der Waals surface area contributed by atoms with Crippen molar-refractivity contribution in [2.24, 2.45) is 11.8 Å². The van der Waals surface area contributed by atoms with E-state index in [4.69, 9.17) is 22.2 Å². The molecule has 0 aromatic heterocycles. The Hall–Kier alpha value is 1.01. The zero-order valence-corrected chi connectivity index (χ0v) is 13.8. The standard InChI is InChI=1S/C11H22Cl2Si2/c1-14(2,12)11(15(3,4)13)8-9-5-6-10(11)7-9/h9-10H,5-8H2,1-4H3. The minimum absolute atomic E-state index is 0.395. The maximum absolute atomic E-state index is 6.86. The molecule has 2 unspecified atom stereocenters. The summed E-state index contributed by atoms with van der Waals surface area (Å²) < 4.78 is 0.395. The smallest absolute Gasteiger partial charge is 0.155 e. The second-order valence-corrected chi connectivity index (χ2v) is 20.3. The van der Waals surface area contributed by atoms with Gasteiger partial charge in [0, 0.05) is 0 Å². The molecule has 2 aliphatic carbocycles. The first kappa shape index (κ1) is 12.5. The van der Waals surface area contributed by atoms with Crippen molar-refractivity contribution in [3.05, 3.63) is 0 Å². The molecule has 0 aromatic rings. The molecule has 2 bridgehead atoms. The molecule has 0 aromatic carbocycles. The van der Waals surface area contributed by atoms with E-state index in [2.05, 4.69) is 26.2 Å². The summed E-state index contributed by atoms with van der Waals surface area (Å²) >= 11 is 13.7. The van der Waals surface area contributed by atoms with Gasteiger partial charge in [-0.25, -0.2) is 0 Å². The lowest BCUT2D eigenvalue weighted by Crippen LogP contribution is -2.54. The Balaban J connectivity index is 2.42. The quantitative estimate of drug-likeness (QED) is 0.495. The minimum atomic E-state index is -1.66. The molecule has 88 valence electrons. The fraction of sp³-hybridized carbons (Fsp3) is 1.00. The van der Waals surface area contributed by atoms with Crippen LogP contribution in [0.3, 0.4) is 0 Å². The van der Waals surface area contributed by atoms with E-state index in [0.717, 1.165) is 11.8 Å². The van der Waals surface area contributed by atoms with Gasteiger partial charge >= 0.3 is 0 Å². The van der Waals surface area contributed by atoms with Gasteiger partial charge in [0.05, 0.1) is 0 Å². The second-order valence-electron chi connectivity index (χ2n) is 6.50. The Kier molecular flexibility index (Phi) is 2.91. The monoisotopic (exact) mass is 280 g/mol. The van der Waals surface area contributed by atoms with Gasteiger partial charge in [0.1, 0.15) is 0 Å². The van der Waals surface area contributed by atoms with Crippen LogP contribution in [0.5, 0.6) is 0 Å². The molecule has 0 spiro atoms. The van der Waals surface area contributed by atoms with Crippen molar-refractivity contribution in [3.8, 4) is 0 Å². The Morgan fingerprint density at radius 2 is 1.53 bits per heavy atom. The van der Waals surface area contributed by atoms with E-state index >= 15 is 0 Å². The van der Waals surface area contributed by atoms with Gasteiger partial charge in [-0.2, -0.15) is 22.2 Å². The molecule has 2 aliphatic rings. The molecule has 2 rings (SSSR count). The molecular weight excluding hydrogens is 259 g/mol. The Bertz CT molecular complexity index is 251. The van der Waals surface area contributed by atoms with Crippen molar-refractivity contribution in [2.75, 3.05) is 0 Å². The number of hydrogen-bond acceptors (Lipinski definition) is 0. The van der Waals surface area contributed by atoms with E-state index in [-0.39, 0.29) is 0 Å². The molecule has 0 aliphatic heterocycles. The molecule has 4 heteroatoms. The molecule has 0 nitrogen and oxygen atoms in total. The average Bonchev–Trinajstić information content (AvgIpc) is 2.57. The summed E-state index contributed by atoms with van der Waals surface area (Å²) in [6.45, 7) is 9.30. The van der Waals surface area contributed by atoms with Crippen LogP contribution in [0.4, 0.5) is 0 Å². The highest BCUT2D eigenvalue weighted by molar-refractivity contribution is 7.34. The summed E-state index contributed by atoms with van der Waals surface area (Å²) in [5.41, 5.74) is 0. The molecule has 0 heterocycles. The van der Waals surface area contributed by atoms with Gasteiger partial charge in [-0.1, -0.05) is 39.0 Å². The Morgan fingerprint density at radius 1 is 1.00 bits per heavy atom. The van der Waals surface area contributed by atoms with Crippen molar-refractivity contribution < 1.29 is 0 Å². The molecule has 2 saturated carbocycles. The predicted molar refractivity (Wildman–Crippen MR) is 74.8 cm³/mol. The lowest BCUT2D eigenvalue weighted by atomic mass is 9.99. The van der Waals surface area contributed by atoms with Crippen molar-refractivity contribution >= 4 is 36.9 Å². The Labute approximate surface area is 105 Å². The van der Waals surface area contributed by atoms with Gasteiger partial charge in [-0.15, -0.1) is 0 Å². The largest absolute Gasteiger partial charge is 0.167 e. The highest BCUT2D eigenvalue weighted by Gasteiger charge is 2.65. The fourth-order valence-electron chi connectivity index (χ4n) is 4.49. The van der Waals surface area contributed by atoms with Gasteiger partial charge in [0.2, 0.25) is 0 Å². The topological polar surface area (TPSA) is 0 Å². The third-order valence-corrected chi connectivity index (χ3v) is 17.2. The highest BCUT2D eigenvalue weighted by atomic mass is 35.6. The molecule has 0 saturated heterocycles. The van der Waals surface area contributed by atoms with E-state index in [0.29, 0.717) is 4.66 Å². The molecule has 0 N–H and O–H groups in total. The maximum atomic E-state index is 6.86. The van der Waals surface area contributed by atoms with Crippen LogP contribution in [0.2, 0.25) is 30.8 Å². The van der Waals surface area contributed by atoms with E-state index in [1.807, 2.05) is 0 Å². The lowest BCUT2D eigenvalue weighted by Gasteiger charge is -2.51. The third kappa shape index (κ3) is 1.67. The average molecular weight is 281 g/mol. The summed E-state index contributed by atoms with van der Waals surface area (Å²) in [5, 5.41) is 0. The van der Waals surface area contributed by atoms with Gasteiger partial charge in [0.25, 0.3) is 0 Å². The van der Waals surface area contributed by atoms with Crippen LogP contribution in [-0.2, 0) is 0 Å². The van der Waals surface area contributed by atoms with Crippen LogP contribution in [0.15, 0.2) is 0 Å². The van der Waals surface area contributed by atoms with E-state index in [1.165, 1.54) is 25.7 Å². The Morgan fingerprint density at radius 3 is 1.73 bits per heavy atom. The van der Waals surface area contributed by atoms with Gasteiger partial charge < -0.3 is 0 Å². The van der Waals surface area contributed by atoms with Crippen LogP contribution in [0.1, 0.15) is 25.7 Å². The van der Waals surface area contributed by atoms with E-state index < -0.39 is 14.8 Å². The molecule has 0 amide bonds. The van der Waals surface area contributed by atoms with Crippen molar-refractivity contribution in [1.29, 1.82) is 0 Å². The van der Waals surface area contributed by atoms with Crippen LogP contribution in [0.25, 0.3) is 0 Å². The van der Waals surface area contributed by atoms with E-state index in [1.54, 1.807) is 0 Å². The van der Waals surface area contributed by atoms with Crippen molar-refractivity contribution in [3.63, 3.8) is 0 Å². The van der Waals surface area contributed by atoms with Crippen molar-refractivity contribution in [1.82, 2.24) is 0 Å².